The molecule has 0 bridgehead atoms. The average molecular weight is 403 g/mol. The monoisotopic (exact) mass is 403 g/mol. The molecule has 28 heavy (non-hydrogen) atoms. The first-order valence-electron chi connectivity index (χ1n) is 9.15. The summed E-state index contributed by atoms with van der Waals surface area (Å²) in [6, 6.07) is 5.50. The first-order valence-corrected chi connectivity index (χ1v) is 9.97. The van der Waals surface area contributed by atoms with Gasteiger partial charge in [0, 0.05) is 10.4 Å². The molecule has 1 aromatic carbocycles. The zero-order chi connectivity index (χ0) is 20.1. The highest BCUT2D eigenvalue weighted by Gasteiger charge is 2.29. The van der Waals surface area contributed by atoms with Crippen LogP contribution in [-0.2, 0) is 17.6 Å². The third kappa shape index (κ3) is 4.56. The molecule has 6 nitrogen and oxygen atoms in total. The molecule has 2 N–H and O–H groups in total. The van der Waals surface area contributed by atoms with Gasteiger partial charge >= 0.3 is 12.0 Å². The number of anilines is 1. The molecular weight excluding hydrogens is 381 g/mol. The van der Waals surface area contributed by atoms with Crippen LogP contribution < -0.4 is 10.7 Å². The number of fused-ring (bicyclic) bond motifs is 1. The van der Waals surface area contributed by atoms with E-state index >= 15 is 0 Å². The number of hydrazone groups is 1. The normalized spacial score (nSPS) is 15.9. The van der Waals surface area contributed by atoms with E-state index in [0.29, 0.717) is 16.5 Å². The molecule has 0 radical (unpaired) electrons. The number of nitrogens with one attached hydrogen (secondary N) is 2. The molecule has 1 aliphatic rings. The number of benzene rings is 1. The summed E-state index contributed by atoms with van der Waals surface area (Å²) >= 11 is 1.40. The minimum Gasteiger partial charge on any atom is -0.462 e. The Bertz CT molecular complexity index is 910. The van der Waals surface area contributed by atoms with Crippen molar-refractivity contribution < 1.29 is 18.7 Å². The highest BCUT2D eigenvalue weighted by atomic mass is 32.1. The van der Waals surface area contributed by atoms with Gasteiger partial charge in [-0.2, -0.15) is 5.10 Å². The molecule has 1 atom stereocenters. The second-order valence-electron chi connectivity index (χ2n) is 6.62. The summed E-state index contributed by atoms with van der Waals surface area (Å²) in [6.07, 6.45) is 3.88. The number of esters is 1. The molecule has 0 saturated carbocycles. The Kier molecular flexibility index (Phi) is 6.41. The lowest BCUT2D eigenvalue weighted by Gasteiger charge is -2.18. The molecule has 2 aromatic rings. The van der Waals surface area contributed by atoms with Crippen LogP contribution in [0.4, 0.5) is 14.2 Å². The molecule has 0 spiro atoms. The summed E-state index contributed by atoms with van der Waals surface area (Å²) in [5.74, 6) is -0.328. The van der Waals surface area contributed by atoms with Gasteiger partial charge in [0.05, 0.1) is 18.4 Å². The summed E-state index contributed by atoms with van der Waals surface area (Å²) in [5.41, 5.74) is 3.96. The fourth-order valence-electron chi connectivity index (χ4n) is 3.13. The van der Waals surface area contributed by atoms with E-state index in [0.717, 1.165) is 29.7 Å². The van der Waals surface area contributed by atoms with Gasteiger partial charge < -0.3 is 4.74 Å². The second-order valence-corrected chi connectivity index (χ2v) is 7.73. The first-order chi connectivity index (χ1) is 13.5. The van der Waals surface area contributed by atoms with E-state index < -0.39 is 17.8 Å². The van der Waals surface area contributed by atoms with Crippen LogP contribution in [0.2, 0.25) is 0 Å². The number of hydrogen-bond donors (Lipinski definition) is 2. The Morgan fingerprint density at radius 3 is 2.93 bits per heavy atom. The summed E-state index contributed by atoms with van der Waals surface area (Å²) < 4.78 is 18.7. The molecule has 2 amide bonds. The summed E-state index contributed by atoms with van der Waals surface area (Å²) in [5, 5.41) is 6.90. The quantitative estimate of drug-likeness (QED) is 0.443. The van der Waals surface area contributed by atoms with Crippen LogP contribution in [0.1, 0.15) is 46.6 Å². The predicted octanol–water partition coefficient (Wildman–Crippen LogP) is 4.34. The number of carbonyl (C=O) groups excluding carboxylic acids is 2. The minimum atomic E-state index is -0.607. The van der Waals surface area contributed by atoms with Crippen LogP contribution in [0.3, 0.4) is 0 Å². The van der Waals surface area contributed by atoms with Crippen molar-refractivity contribution in [1.82, 2.24) is 5.43 Å². The maximum atomic E-state index is 13.6. The Morgan fingerprint density at radius 2 is 2.18 bits per heavy atom. The SMILES string of the molecule is CCOC(=O)c1c(NC(=O)N/N=C\c2ccccc2F)sc2c1CC[C@@H](C)C2. The van der Waals surface area contributed by atoms with Gasteiger partial charge in [-0.3, -0.25) is 5.32 Å². The number of urea groups is 1. The highest BCUT2D eigenvalue weighted by molar-refractivity contribution is 7.17. The van der Waals surface area contributed by atoms with Gasteiger partial charge in [-0.25, -0.2) is 19.4 Å². The molecular formula is C20H22FN3O3S. The number of halogens is 1. The number of nitrogens with zero attached hydrogens (tertiary/aromatic N) is 1. The lowest BCUT2D eigenvalue weighted by molar-refractivity contribution is 0.0526. The molecule has 1 aliphatic carbocycles. The van der Waals surface area contributed by atoms with Crippen LogP contribution in [-0.4, -0.2) is 24.8 Å². The van der Waals surface area contributed by atoms with Crippen molar-refractivity contribution in [2.24, 2.45) is 11.0 Å². The van der Waals surface area contributed by atoms with Crippen molar-refractivity contribution in [1.29, 1.82) is 0 Å². The largest absolute Gasteiger partial charge is 0.462 e. The van der Waals surface area contributed by atoms with Gasteiger partial charge in [0.15, 0.2) is 0 Å². The van der Waals surface area contributed by atoms with Crippen molar-refractivity contribution in [2.45, 2.75) is 33.1 Å². The zero-order valence-electron chi connectivity index (χ0n) is 15.8. The van der Waals surface area contributed by atoms with Crippen molar-refractivity contribution in [3.05, 3.63) is 51.7 Å². The van der Waals surface area contributed by atoms with Crippen LogP contribution in [0, 0.1) is 11.7 Å². The topological polar surface area (TPSA) is 79.8 Å². The summed E-state index contributed by atoms with van der Waals surface area (Å²) in [7, 11) is 0. The Hall–Kier alpha value is -2.74. The minimum absolute atomic E-state index is 0.260. The Labute approximate surface area is 166 Å². The number of hydrogen-bond acceptors (Lipinski definition) is 5. The Morgan fingerprint density at radius 1 is 1.39 bits per heavy atom. The smallest absolute Gasteiger partial charge is 0.341 e. The molecule has 3 rings (SSSR count). The van der Waals surface area contributed by atoms with E-state index in [9.17, 15) is 14.0 Å². The number of thiophene rings is 1. The maximum absolute atomic E-state index is 13.6. The van der Waals surface area contributed by atoms with Crippen LogP contribution in [0.25, 0.3) is 0 Å². The van der Waals surface area contributed by atoms with E-state index in [1.807, 2.05) is 0 Å². The van der Waals surface area contributed by atoms with Crippen LogP contribution in [0.5, 0.6) is 0 Å². The number of carbonyl (C=O) groups is 2. The standard InChI is InChI=1S/C20H22FN3O3S/c1-3-27-19(25)17-14-9-8-12(2)10-16(14)28-18(17)23-20(26)24-22-11-13-6-4-5-7-15(13)21/h4-7,11-12H,3,8-10H2,1-2H3,(H2,23,24,26)/b22-11-/t12-/m1/s1. The van der Waals surface area contributed by atoms with E-state index in [4.69, 9.17) is 4.74 Å². The number of ether oxygens (including phenoxy) is 1. The summed E-state index contributed by atoms with van der Waals surface area (Å²) in [6.45, 7) is 4.18. The molecule has 148 valence electrons. The van der Waals surface area contributed by atoms with Crippen molar-refractivity contribution in [3.8, 4) is 0 Å². The highest BCUT2D eigenvalue weighted by Crippen LogP contribution is 2.40. The molecule has 0 unspecified atom stereocenters. The van der Waals surface area contributed by atoms with Crippen LogP contribution >= 0.6 is 11.3 Å². The molecule has 1 heterocycles. The van der Waals surface area contributed by atoms with Gasteiger partial charge in [-0.1, -0.05) is 25.1 Å². The molecule has 0 fully saturated rings. The average Bonchev–Trinajstić information content (AvgIpc) is 3.00. The second kappa shape index (κ2) is 8.97. The van der Waals surface area contributed by atoms with Crippen molar-refractivity contribution in [2.75, 3.05) is 11.9 Å². The van der Waals surface area contributed by atoms with Crippen molar-refractivity contribution in [3.63, 3.8) is 0 Å². The molecule has 0 aliphatic heterocycles. The van der Waals surface area contributed by atoms with Crippen molar-refractivity contribution >= 4 is 34.6 Å². The van der Waals surface area contributed by atoms with E-state index in [-0.39, 0.29) is 12.2 Å². The van der Waals surface area contributed by atoms with E-state index in [1.54, 1.807) is 25.1 Å². The molecule has 8 heteroatoms. The van der Waals surface area contributed by atoms with E-state index in [1.165, 1.54) is 23.6 Å². The van der Waals surface area contributed by atoms with Gasteiger partial charge in [-0.15, -0.1) is 11.3 Å². The molecule has 0 saturated heterocycles. The van der Waals surface area contributed by atoms with Gasteiger partial charge in [0.2, 0.25) is 0 Å². The van der Waals surface area contributed by atoms with Gasteiger partial charge in [-0.05, 0) is 43.7 Å². The predicted molar refractivity (Wildman–Crippen MR) is 108 cm³/mol. The zero-order valence-corrected chi connectivity index (χ0v) is 16.6. The third-order valence-corrected chi connectivity index (χ3v) is 5.66. The van der Waals surface area contributed by atoms with Crippen LogP contribution in [0.15, 0.2) is 29.4 Å². The van der Waals surface area contributed by atoms with Gasteiger partial charge in [0.25, 0.3) is 0 Å². The number of rotatable bonds is 5. The first kappa shape index (κ1) is 20.0. The van der Waals surface area contributed by atoms with E-state index in [2.05, 4.69) is 22.8 Å². The fraction of sp³-hybridized carbons (Fsp3) is 0.350. The fourth-order valence-corrected chi connectivity index (χ4v) is 4.52. The third-order valence-electron chi connectivity index (χ3n) is 4.49. The summed E-state index contributed by atoms with van der Waals surface area (Å²) in [4.78, 5) is 25.8. The lowest BCUT2D eigenvalue weighted by atomic mass is 9.88. The molecule has 1 aromatic heterocycles. The van der Waals surface area contributed by atoms with Gasteiger partial charge in [0.1, 0.15) is 10.8 Å². The Balaban J connectivity index is 1.74. The lowest BCUT2D eigenvalue weighted by Crippen LogP contribution is -2.25. The number of amides is 2. The maximum Gasteiger partial charge on any atom is 0.341 e.